The predicted octanol–water partition coefficient (Wildman–Crippen LogP) is 3.53. The number of thioether (sulfide) groups is 1. The van der Waals surface area contributed by atoms with Gasteiger partial charge in [0.05, 0.1) is 5.69 Å². The van der Waals surface area contributed by atoms with Gasteiger partial charge in [-0.2, -0.15) is 11.8 Å². The van der Waals surface area contributed by atoms with Crippen molar-refractivity contribution in [2.45, 2.75) is 25.7 Å². The lowest BCUT2D eigenvalue weighted by molar-refractivity contribution is 0.0958. The normalized spacial score (nSPS) is 10.9. The number of carbonyl (C=O) groups is 1. The smallest absolute Gasteiger partial charge is 0.263 e. The molecule has 0 saturated heterocycles. The maximum atomic E-state index is 12.2. The van der Waals surface area contributed by atoms with E-state index in [0.717, 1.165) is 23.1 Å². The summed E-state index contributed by atoms with van der Waals surface area (Å²) in [5.74, 6) is 1.14. The third-order valence-electron chi connectivity index (χ3n) is 3.27. The van der Waals surface area contributed by atoms with Crippen molar-refractivity contribution >= 4 is 44.9 Å². The van der Waals surface area contributed by atoms with Gasteiger partial charge < -0.3 is 11.1 Å². The quantitative estimate of drug-likeness (QED) is 0.729. The number of pyridine rings is 1. The first-order chi connectivity index (χ1) is 10.2. The number of nitrogens with zero attached hydrogens (tertiary/aromatic N) is 1. The van der Waals surface area contributed by atoms with Crippen molar-refractivity contribution in [3.05, 3.63) is 23.2 Å². The molecule has 21 heavy (non-hydrogen) atoms. The van der Waals surface area contributed by atoms with Gasteiger partial charge in [0.1, 0.15) is 9.71 Å². The lowest BCUT2D eigenvalue weighted by atomic mass is 10.2. The van der Waals surface area contributed by atoms with E-state index in [1.807, 2.05) is 23.9 Å². The van der Waals surface area contributed by atoms with E-state index in [-0.39, 0.29) is 5.91 Å². The van der Waals surface area contributed by atoms with E-state index in [1.54, 1.807) is 6.20 Å². The molecule has 2 heterocycles. The fourth-order valence-corrected chi connectivity index (χ4v) is 3.60. The summed E-state index contributed by atoms with van der Waals surface area (Å²) in [4.78, 5) is 17.8. The van der Waals surface area contributed by atoms with Crippen LogP contribution in [0, 0.1) is 0 Å². The Morgan fingerprint density at radius 3 is 2.95 bits per heavy atom. The summed E-state index contributed by atoms with van der Waals surface area (Å²) in [5, 5.41) is 3.82. The number of carbonyl (C=O) groups excluding carboxylic acids is 1. The van der Waals surface area contributed by atoms with Gasteiger partial charge in [0.25, 0.3) is 5.91 Å². The Hall–Kier alpha value is -1.27. The fourth-order valence-electron chi connectivity index (χ4n) is 2.13. The highest BCUT2D eigenvalue weighted by Gasteiger charge is 2.16. The molecule has 2 aromatic heterocycles. The van der Waals surface area contributed by atoms with Crippen LogP contribution >= 0.6 is 23.1 Å². The second-order valence-electron chi connectivity index (χ2n) is 4.86. The molecule has 3 N–H and O–H groups in total. The van der Waals surface area contributed by atoms with Crippen molar-refractivity contribution in [3.8, 4) is 0 Å². The monoisotopic (exact) mass is 323 g/mol. The molecule has 114 valence electrons. The molecule has 0 saturated carbocycles. The van der Waals surface area contributed by atoms with Crippen LogP contribution in [0.1, 0.15) is 35.4 Å². The Kier molecular flexibility index (Phi) is 6.32. The van der Waals surface area contributed by atoms with Crippen LogP contribution in [-0.4, -0.2) is 29.4 Å². The molecule has 6 heteroatoms. The molecule has 0 fully saturated rings. The molecular formula is C15H21N3OS2. The number of nitrogens with one attached hydrogen (secondary N) is 1. The van der Waals surface area contributed by atoms with Crippen LogP contribution in [0.4, 0.5) is 5.69 Å². The van der Waals surface area contributed by atoms with E-state index in [9.17, 15) is 4.79 Å². The van der Waals surface area contributed by atoms with Crippen molar-refractivity contribution in [2.75, 3.05) is 24.3 Å². The zero-order valence-electron chi connectivity index (χ0n) is 12.2. The molecule has 4 nitrogen and oxygen atoms in total. The van der Waals surface area contributed by atoms with Gasteiger partial charge in [-0.25, -0.2) is 4.98 Å². The van der Waals surface area contributed by atoms with Gasteiger partial charge in [0, 0.05) is 18.1 Å². The van der Waals surface area contributed by atoms with Crippen molar-refractivity contribution in [1.29, 1.82) is 0 Å². The van der Waals surface area contributed by atoms with E-state index < -0.39 is 0 Å². The van der Waals surface area contributed by atoms with Gasteiger partial charge in [-0.15, -0.1) is 11.3 Å². The number of anilines is 1. The molecule has 0 unspecified atom stereocenters. The second-order valence-corrected chi connectivity index (χ2v) is 6.85. The number of rotatable bonds is 8. The van der Waals surface area contributed by atoms with Gasteiger partial charge in [0.2, 0.25) is 0 Å². The van der Waals surface area contributed by atoms with Crippen LogP contribution in [0.25, 0.3) is 10.2 Å². The Morgan fingerprint density at radius 2 is 2.19 bits per heavy atom. The van der Waals surface area contributed by atoms with E-state index in [1.165, 1.54) is 29.9 Å². The van der Waals surface area contributed by atoms with Gasteiger partial charge >= 0.3 is 0 Å². The van der Waals surface area contributed by atoms with Gasteiger partial charge in [-0.1, -0.05) is 12.8 Å². The lowest BCUT2D eigenvalue weighted by Gasteiger charge is -2.04. The molecule has 0 aliphatic rings. The number of fused-ring (bicyclic) bond motifs is 1. The van der Waals surface area contributed by atoms with Crippen LogP contribution in [0.3, 0.4) is 0 Å². The van der Waals surface area contributed by atoms with Gasteiger partial charge in [0.15, 0.2) is 0 Å². The second kappa shape index (κ2) is 8.24. The molecule has 1 amide bonds. The standard InChI is InChI=1S/C15H21N3OS2/c1-20-10-5-3-2-4-8-17-14(19)13-12(16)11-7-6-9-18-15(11)21-13/h6-7,9H,2-5,8,10,16H2,1H3,(H,17,19). The zero-order valence-corrected chi connectivity index (χ0v) is 13.9. The average Bonchev–Trinajstić information content (AvgIpc) is 2.84. The third-order valence-corrected chi connectivity index (χ3v) is 5.10. The van der Waals surface area contributed by atoms with Crippen LogP contribution in [-0.2, 0) is 0 Å². The first-order valence-corrected chi connectivity index (χ1v) is 9.35. The largest absolute Gasteiger partial charge is 0.397 e. The number of thiophene rings is 1. The molecule has 0 aromatic carbocycles. The maximum absolute atomic E-state index is 12.2. The first-order valence-electron chi connectivity index (χ1n) is 7.14. The number of nitrogen functional groups attached to an aromatic ring is 1. The van der Waals surface area contributed by atoms with E-state index >= 15 is 0 Å². The SMILES string of the molecule is CSCCCCCCNC(=O)c1sc2ncccc2c1N. The number of nitrogens with two attached hydrogens (primary N) is 1. The van der Waals surface area contributed by atoms with Gasteiger partial charge in [-0.05, 0) is 37.0 Å². The minimum atomic E-state index is -0.0837. The van der Waals surface area contributed by atoms with E-state index in [0.29, 0.717) is 17.1 Å². The predicted molar refractivity (Wildman–Crippen MR) is 93.2 cm³/mol. The summed E-state index contributed by atoms with van der Waals surface area (Å²) in [5.41, 5.74) is 6.57. The Bertz CT molecular complexity index is 598. The summed E-state index contributed by atoms with van der Waals surface area (Å²) in [6, 6.07) is 3.73. The van der Waals surface area contributed by atoms with Crippen LogP contribution < -0.4 is 11.1 Å². The molecule has 0 bridgehead atoms. The van der Waals surface area contributed by atoms with Crippen LogP contribution in [0.15, 0.2) is 18.3 Å². The first kappa shape index (κ1) is 16.1. The molecule has 0 aliphatic heterocycles. The van der Waals surface area contributed by atoms with E-state index in [4.69, 9.17) is 5.73 Å². The topological polar surface area (TPSA) is 68.0 Å². The minimum absolute atomic E-state index is 0.0837. The summed E-state index contributed by atoms with van der Waals surface area (Å²) < 4.78 is 0. The summed E-state index contributed by atoms with van der Waals surface area (Å²) in [6.45, 7) is 0.708. The van der Waals surface area contributed by atoms with Crippen molar-refractivity contribution < 1.29 is 4.79 Å². The number of hydrogen-bond acceptors (Lipinski definition) is 5. The van der Waals surface area contributed by atoms with Crippen LogP contribution in [0.5, 0.6) is 0 Å². The number of hydrogen-bond donors (Lipinski definition) is 2. The fraction of sp³-hybridized carbons (Fsp3) is 0.467. The molecular weight excluding hydrogens is 302 g/mol. The zero-order chi connectivity index (χ0) is 15.1. The molecule has 0 atom stereocenters. The highest BCUT2D eigenvalue weighted by Crippen LogP contribution is 2.31. The van der Waals surface area contributed by atoms with Crippen molar-refractivity contribution in [3.63, 3.8) is 0 Å². The van der Waals surface area contributed by atoms with Crippen molar-refractivity contribution in [1.82, 2.24) is 10.3 Å². The Balaban J connectivity index is 1.81. The minimum Gasteiger partial charge on any atom is -0.397 e. The maximum Gasteiger partial charge on any atom is 0.263 e. The highest BCUT2D eigenvalue weighted by atomic mass is 32.2. The Labute approximate surface area is 133 Å². The number of aromatic nitrogens is 1. The van der Waals surface area contributed by atoms with Crippen molar-refractivity contribution in [2.24, 2.45) is 0 Å². The number of amides is 1. The van der Waals surface area contributed by atoms with Crippen LogP contribution in [0.2, 0.25) is 0 Å². The summed E-state index contributed by atoms with van der Waals surface area (Å²) in [6.07, 6.45) is 8.50. The van der Waals surface area contributed by atoms with Gasteiger partial charge in [-0.3, -0.25) is 4.79 Å². The Morgan fingerprint density at radius 1 is 1.38 bits per heavy atom. The lowest BCUT2D eigenvalue weighted by Crippen LogP contribution is -2.24. The molecule has 0 spiro atoms. The summed E-state index contributed by atoms with van der Waals surface area (Å²) >= 11 is 3.24. The molecule has 0 radical (unpaired) electrons. The molecule has 2 rings (SSSR count). The highest BCUT2D eigenvalue weighted by molar-refractivity contribution is 7.98. The number of unbranched alkanes of at least 4 members (excludes halogenated alkanes) is 3. The third kappa shape index (κ3) is 4.35. The summed E-state index contributed by atoms with van der Waals surface area (Å²) in [7, 11) is 0. The molecule has 0 aliphatic carbocycles. The average molecular weight is 323 g/mol. The molecule has 2 aromatic rings. The van der Waals surface area contributed by atoms with E-state index in [2.05, 4.69) is 16.6 Å².